The highest BCUT2D eigenvalue weighted by Crippen LogP contribution is 2.33. The Bertz CT molecular complexity index is 572. The molecule has 3 N–H and O–H groups in total. The third-order valence-corrected chi connectivity index (χ3v) is 3.97. The number of hydrogen-bond donors (Lipinski definition) is 2. The number of H-pyrrole nitrogens is 1. The van der Waals surface area contributed by atoms with Crippen molar-refractivity contribution in [3.05, 3.63) is 31.8 Å². The normalized spacial score (nSPS) is 10.6. The fourth-order valence-corrected chi connectivity index (χ4v) is 2.97. The minimum Gasteiger partial charge on any atom is -0.365 e. The molecular formula is C8H5BrN2O2S. The lowest BCUT2D eigenvalue weighted by Gasteiger charge is -1.88. The van der Waals surface area contributed by atoms with Crippen molar-refractivity contribution in [1.29, 1.82) is 0 Å². The number of aromatic amines is 1. The molecule has 0 unspecified atom stereocenters. The molecule has 0 spiro atoms. The van der Waals surface area contributed by atoms with E-state index in [0.717, 1.165) is 5.39 Å². The van der Waals surface area contributed by atoms with Gasteiger partial charge in [-0.1, -0.05) is 0 Å². The van der Waals surface area contributed by atoms with Crippen molar-refractivity contribution in [2.45, 2.75) is 0 Å². The van der Waals surface area contributed by atoms with Gasteiger partial charge in [-0.05, 0) is 22.0 Å². The summed E-state index contributed by atoms with van der Waals surface area (Å²) in [7, 11) is 0. The summed E-state index contributed by atoms with van der Waals surface area (Å²) in [4.78, 5) is 25.7. The Morgan fingerprint density at radius 1 is 1.50 bits per heavy atom. The van der Waals surface area contributed by atoms with E-state index in [1.54, 1.807) is 6.07 Å². The van der Waals surface area contributed by atoms with E-state index in [9.17, 15) is 9.59 Å². The van der Waals surface area contributed by atoms with Crippen LogP contribution < -0.4 is 11.3 Å². The number of nitrogens with two attached hydrogens (primary N) is 1. The first-order valence-electron chi connectivity index (χ1n) is 3.70. The van der Waals surface area contributed by atoms with Gasteiger partial charge in [0, 0.05) is 11.5 Å². The van der Waals surface area contributed by atoms with Gasteiger partial charge in [-0.2, -0.15) is 0 Å². The highest BCUT2D eigenvalue weighted by Gasteiger charge is 2.14. The van der Waals surface area contributed by atoms with Crippen LogP contribution in [0.1, 0.15) is 9.67 Å². The minimum atomic E-state index is -0.501. The van der Waals surface area contributed by atoms with Gasteiger partial charge in [0.2, 0.25) is 5.56 Å². The second-order valence-electron chi connectivity index (χ2n) is 2.67. The molecule has 72 valence electrons. The molecule has 0 saturated heterocycles. The molecule has 0 aliphatic rings. The molecule has 2 heterocycles. The Morgan fingerprint density at radius 2 is 2.21 bits per heavy atom. The number of primary amides is 1. The van der Waals surface area contributed by atoms with E-state index in [2.05, 4.69) is 20.9 Å². The number of fused-ring (bicyclic) bond motifs is 1. The topological polar surface area (TPSA) is 76.0 Å². The van der Waals surface area contributed by atoms with Gasteiger partial charge < -0.3 is 10.7 Å². The van der Waals surface area contributed by atoms with E-state index in [1.165, 1.54) is 17.4 Å². The molecule has 2 aromatic heterocycles. The lowest BCUT2D eigenvalue weighted by Crippen LogP contribution is -2.08. The Hall–Kier alpha value is -1.14. The fraction of sp³-hybridized carbons (Fsp3) is 0. The highest BCUT2D eigenvalue weighted by atomic mass is 79.9. The third-order valence-electron chi connectivity index (χ3n) is 1.75. The molecule has 0 saturated carbocycles. The molecule has 1 amide bonds. The van der Waals surface area contributed by atoms with Crippen LogP contribution in [0.2, 0.25) is 0 Å². The molecule has 6 heteroatoms. The number of nitrogens with one attached hydrogen (secondary N) is 1. The van der Waals surface area contributed by atoms with Gasteiger partial charge in [-0.25, -0.2) is 0 Å². The summed E-state index contributed by atoms with van der Waals surface area (Å²) in [5, 5.41) is 0.795. The standard InChI is InChI=1S/C8H5BrN2O2S/c9-5-3-1-2-4(12)11-8(3)14-6(5)7(10)13/h1-2H,(H2,10,13)(H,11,12). The zero-order valence-corrected chi connectivity index (χ0v) is 9.24. The predicted molar refractivity (Wildman–Crippen MR) is 58.7 cm³/mol. The molecule has 0 aliphatic heterocycles. The van der Waals surface area contributed by atoms with Crippen molar-refractivity contribution in [1.82, 2.24) is 4.98 Å². The van der Waals surface area contributed by atoms with E-state index < -0.39 is 5.91 Å². The number of carbonyl (C=O) groups excluding carboxylic acids is 1. The summed E-state index contributed by atoms with van der Waals surface area (Å²) >= 11 is 4.43. The van der Waals surface area contributed by atoms with E-state index in [4.69, 9.17) is 5.73 Å². The van der Waals surface area contributed by atoms with Gasteiger partial charge in [0.1, 0.15) is 9.71 Å². The Kier molecular flexibility index (Phi) is 2.16. The number of hydrogen-bond acceptors (Lipinski definition) is 3. The van der Waals surface area contributed by atoms with Crippen LogP contribution in [0.3, 0.4) is 0 Å². The molecule has 0 aromatic carbocycles. The minimum absolute atomic E-state index is 0.192. The van der Waals surface area contributed by atoms with E-state index in [1.807, 2.05) is 0 Å². The number of thiophene rings is 1. The second-order valence-corrected chi connectivity index (χ2v) is 4.49. The maximum absolute atomic E-state index is 11.0. The summed E-state index contributed by atoms with van der Waals surface area (Å²) in [6, 6.07) is 3.06. The number of rotatable bonds is 1. The lowest BCUT2D eigenvalue weighted by atomic mass is 10.3. The molecule has 0 fully saturated rings. The van der Waals surface area contributed by atoms with Crippen LogP contribution >= 0.6 is 27.3 Å². The van der Waals surface area contributed by atoms with Crippen molar-refractivity contribution >= 4 is 43.4 Å². The van der Waals surface area contributed by atoms with E-state index in [-0.39, 0.29) is 5.56 Å². The number of aromatic nitrogens is 1. The van der Waals surface area contributed by atoms with Crippen LogP contribution in [-0.4, -0.2) is 10.9 Å². The second kappa shape index (κ2) is 3.21. The predicted octanol–water partition coefficient (Wildman–Crippen LogP) is 1.45. The van der Waals surface area contributed by atoms with Gasteiger partial charge in [0.15, 0.2) is 0 Å². The van der Waals surface area contributed by atoms with Crippen LogP contribution in [0.4, 0.5) is 0 Å². The first-order chi connectivity index (χ1) is 6.59. The molecule has 4 nitrogen and oxygen atoms in total. The van der Waals surface area contributed by atoms with Gasteiger partial charge in [0.05, 0.1) is 4.47 Å². The Balaban J connectivity index is 2.86. The smallest absolute Gasteiger partial charge is 0.260 e. The first-order valence-corrected chi connectivity index (χ1v) is 5.31. The van der Waals surface area contributed by atoms with Crippen LogP contribution in [-0.2, 0) is 0 Å². The third kappa shape index (κ3) is 1.36. The fourth-order valence-electron chi connectivity index (χ4n) is 1.14. The average Bonchev–Trinajstić information content (AvgIpc) is 2.43. The maximum Gasteiger partial charge on any atom is 0.260 e. The van der Waals surface area contributed by atoms with Crippen LogP contribution in [0, 0.1) is 0 Å². The first kappa shape index (κ1) is 9.42. The number of carbonyl (C=O) groups is 1. The molecule has 0 radical (unpaired) electrons. The zero-order valence-electron chi connectivity index (χ0n) is 6.83. The molecule has 0 bridgehead atoms. The van der Waals surface area contributed by atoms with Crippen LogP contribution in [0.25, 0.3) is 10.2 Å². The van der Waals surface area contributed by atoms with Crippen LogP contribution in [0.15, 0.2) is 21.4 Å². The highest BCUT2D eigenvalue weighted by molar-refractivity contribution is 9.10. The van der Waals surface area contributed by atoms with Crippen molar-refractivity contribution < 1.29 is 4.79 Å². The number of halogens is 1. The quantitative estimate of drug-likeness (QED) is 0.825. The number of pyridine rings is 1. The van der Waals surface area contributed by atoms with Crippen molar-refractivity contribution in [3.8, 4) is 0 Å². The van der Waals surface area contributed by atoms with Crippen molar-refractivity contribution in [2.24, 2.45) is 5.73 Å². The SMILES string of the molecule is NC(=O)c1sc2[nH]c(=O)ccc2c1Br. The monoisotopic (exact) mass is 272 g/mol. The Labute approximate surface area is 90.9 Å². The van der Waals surface area contributed by atoms with Crippen molar-refractivity contribution in [3.63, 3.8) is 0 Å². The molecular weight excluding hydrogens is 268 g/mol. The molecule has 0 atom stereocenters. The molecule has 0 aliphatic carbocycles. The van der Waals surface area contributed by atoms with Gasteiger partial charge >= 0.3 is 0 Å². The van der Waals surface area contributed by atoms with Gasteiger partial charge in [-0.3, -0.25) is 9.59 Å². The largest absolute Gasteiger partial charge is 0.365 e. The summed E-state index contributed by atoms with van der Waals surface area (Å²) in [6.07, 6.45) is 0. The summed E-state index contributed by atoms with van der Waals surface area (Å²) < 4.78 is 0.640. The summed E-state index contributed by atoms with van der Waals surface area (Å²) in [5.41, 5.74) is 4.97. The molecule has 14 heavy (non-hydrogen) atoms. The molecule has 2 rings (SSSR count). The lowest BCUT2D eigenvalue weighted by molar-refractivity contribution is 0.100. The van der Waals surface area contributed by atoms with Crippen molar-refractivity contribution in [2.75, 3.05) is 0 Å². The van der Waals surface area contributed by atoms with E-state index in [0.29, 0.717) is 14.2 Å². The Morgan fingerprint density at radius 3 is 2.86 bits per heavy atom. The zero-order chi connectivity index (χ0) is 10.3. The summed E-state index contributed by atoms with van der Waals surface area (Å²) in [5.74, 6) is -0.501. The van der Waals surface area contributed by atoms with E-state index >= 15 is 0 Å². The molecule has 2 aromatic rings. The van der Waals surface area contributed by atoms with Gasteiger partial charge in [0.25, 0.3) is 5.91 Å². The maximum atomic E-state index is 11.0. The van der Waals surface area contributed by atoms with Gasteiger partial charge in [-0.15, -0.1) is 11.3 Å². The number of amides is 1. The van der Waals surface area contributed by atoms with Crippen LogP contribution in [0.5, 0.6) is 0 Å². The summed E-state index contributed by atoms with van der Waals surface area (Å²) in [6.45, 7) is 0. The average molecular weight is 273 g/mol.